The van der Waals surface area contributed by atoms with Gasteiger partial charge in [-0.1, -0.05) is 140 Å². The zero-order valence-corrected chi connectivity index (χ0v) is 34.2. The van der Waals surface area contributed by atoms with E-state index >= 15 is 0 Å². The second kappa shape index (κ2) is 13.7. The van der Waals surface area contributed by atoms with Crippen molar-refractivity contribution in [2.24, 2.45) is 0 Å². The Morgan fingerprint density at radius 3 is 0.960 bits per heavy atom. The van der Waals surface area contributed by atoms with Crippen molar-refractivity contribution in [3.63, 3.8) is 0 Å². The van der Waals surface area contributed by atoms with E-state index in [-0.39, 0.29) is 0 Å². The van der Waals surface area contributed by atoms with E-state index in [9.17, 15) is 0 Å². The molecule has 7 rings (SSSR count). The van der Waals surface area contributed by atoms with Crippen molar-refractivity contribution in [1.29, 1.82) is 0 Å². The molecular weight excluding hydrogens is 673 g/mol. The van der Waals surface area contributed by atoms with Gasteiger partial charge in [0.15, 0.2) is 16.1 Å². The van der Waals surface area contributed by atoms with Gasteiger partial charge in [0, 0.05) is 20.1 Å². The van der Waals surface area contributed by atoms with Crippen LogP contribution in [-0.2, 0) is 0 Å². The first-order chi connectivity index (χ1) is 24.1. The van der Waals surface area contributed by atoms with Crippen LogP contribution in [0.25, 0.3) is 43.1 Å². The highest BCUT2D eigenvalue weighted by atomic mass is 32.1. The highest BCUT2D eigenvalue weighted by Gasteiger charge is 2.43. The zero-order chi connectivity index (χ0) is 35.2. The SMILES string of the molecule is CC(C)[Si](C#Cc1c2cc3ccccc3cc2c(C#C[Si](c2cccs2)(C(C)C)C(C)C)c2cc3ccccc3cc12)(c1cccs1)C(C)C. The zero-order valence-electron chi connectivity index (χ0n) is 30.5. The largest absolute Gasteiger partial charge is 0.185 e. The van der Waals surface area contributed by atoms with Gasteiger partial charge in [-0.15, -0.1) is 11.1 Å². The summed E-state index contributed by atoms with van der Waals surface area (Å²) in [5.74, 6) is 7.98. The van der Waals surface area contributed by atoms with Gasteiger partial charge in [0.1, 0.15) is 0 Å². The fourth-order valence-electron chi connectivity index (χ4n) is 8.40. The maximum absolute atomic E-state index is 4.13. The molecule has 0 aliphatic rings. The molecule has 5 aromatic carbocycles. The van der Waals surface area contributed by atoms with Gasteiger partial charge in [0.25, 0.3) is 0 Å². The van der Waals surface area contributed by atoms with E-state index in [1.807, 2.05) is 22.7 Å². The minimum Gasteiger partial charge on any atom is -0.152 e. The third-order valence-corrected chi connectivity index (χ3v) is 25.6. The summed E-state index contributed by atoms with van der Waals surface area (Å²) in [6, 6.07) is 36.2. The summed E-state index contributed by atoms with van der Waals surface area (Å²) in [7, 11) is -4.43. The molecule has 0 spiro atoms. The second-order valence-electron chi connectivity index (χ2n) is 15.1. The van der Waals surface area contributed by atoms with E-state index in [2.05, 4.69) is 186 Å². The van der Waals surface area contributed by atoms with Crippen molar-refractivity contribution in [1.82, 2.24) is 0 Å². The Labute approximate surface area is 308 Å². The molecule has 4 heteroatoms. The highest BCUT2D eigenvalue weighted by Crippen LogP contribution is 2.39. The molecule has 0 amide bonds. The van der Waals surface area contributed by atoms with Crippen molar-refractivity contribution in [2.45, 2.75) is 77.6 Å². The van der Waals surface area contributed by atoms with Gasteiger partial charge >= 0.3 is 0 Å². The van der Waals surface area contributed by atoms with Crippen LogP contribution in [0.5, 0.6) is 0 Å². The van der Waals surface area contributed by atoms with E-state index in [4.69, 9.17) is 0 Å². The molecule has 0 N–H and O–H groups in total. The van der Waals surface area contributed by atoms with E-state index in [1.54, 1.807) is 0 Å². The highest BCUT2D eigenvalue weighted by molar-refractivity contribution is 7.28. The Hall–Kier alpha value is -3.91. The maximum Gasteiger partial charge on any atom is 0.185 e. The van der Waals surface area contributed by atoms with E-state index in [1.165, 1.54) is 52.1 Å². The minimum atomic E-state index is -2.21. The summed E-state index contributed by atoms with van der Waals surface area (Å²) in [4.78, 5) is 0. The molecule has 0 saturated heterocycles. The van der Waals surface area contributed by atoms with Crippen molar-refractivity contribution in [3.05, 3.63) is 119 Å². The van der Waals surface area contributed by atoms with Gasteiger partial charge in [-0.2, -0.15) is 22.7 Å². The Balaban J connectivity index is 1.65. The molecule has 2 heterocycles. The third kappa shape index (κ3) is 5.68. The van der Waals surface area contributed by atoms with Crippen LogP contribution in [0.4, 0.5) is 0 Å². The molecule has 0 fully saturated rings. The first-order valence-electron chi connectivity index (χ1n) is 18.0. The van der Waals surface area contributed by atoms with Gasteiger partial charge in [0.05, 0.1) is 0 Å². The number of benzene rings is 5. The van der Waals surface area contributed by atoms with Crippen LogP contribution in [0.2, 0.25) is 22.2 Å². The molecule has 250 valence electrons. The quantitative estimate of drug-likeness (QED) is 0.0912. The summed E-state index contributed by atoms with van der Waals surface area (Å²) < 4.78 is 2.97. The van der Waals surface area contributed by atoms with Crippen LogP contribution in [0.1, 0.15) is 66.5 Å². The number of hydrogen-bond acceptors (Lipinski definition) is 2. The second-order valence-corrected chi connectivity index (χ2v) is 27.3. The molecule has 0 aliphatic heterocycles. The maximum atomic E-state index is 4.13. The molecule has 2 aromatic heterocycles. The molecule has 50 heavy (non-hydrogen) atoms. The lowest BCUT2D eigenvalue weighted by Gasteiger charge is -2.33. The average Bonchev–Trinajstić information content (AvgIpc) is 3.83. The lowest BCUT2D eigenvalue weighted by atomic mass is 9.89. The molecular formula is C46H46S2Si2. The smallest absolute Gasteiger partial charge is 0.152 e. The first kappa shape index (κ1) is 34.5. The Kier molecular flexibility index (Phi) is 9.44. The molecule has 0 atom stereocenters. The van der Waals surface area contributed by atoms with Crippen molar-refractivity contribution in [2.75, 3.05) is 0 Å². The Morgan fingerprint density at radius 1 is 0.420 bits per heavy atom. The van der Waals surface area contributed by atoms with Gasteiger partial charge in [-0.25, -0.2) is 0 Å². The molecule has 0 unspecified atom stereocenters. The number of rotatable bonds is 6. The van der Waals surface area contributed by atoms with E-state index in [0.717, 1.165) is 11.1 Å². The van der Waals surface area contributed by atoms with Gasteiger partial charge < -0.3 is 0 Å². The van der Waals surface area contributed by atoms with E-state index < -0.39 is 16.1 Å². The minimum absolute atomic E-state index is 0.486. The fourth-order valence-corrected chi connectivity index (χ4v) is 22.2. The molecule has 7 aromatic rings. The summed E-state index contributed by atoms with van der Waals surface area (Å²) in [5, 5.41) is 14.3. The van der Waals surface area contributed by atoms with Crippen molar-refractivity contribution < 1.29 is 0 Å². The summed E-state index contributed by atoms with van der Waals surface area (Å²) in [6.45, 7) is 19.1. The Morgan fingerprint density at radius 2 is 0.720 bits per heavy atom. The first-order valence-corrected chi connectivity index (χ1v) is 24.1. The standard InChI is InChI=1S/C46H46S2Si2/c1-31(2)49(32(3)4,45-19-13-23-47-45)25-21-39-41-27-35-15-9-11-17-37(35)29-43(41)40(44-30-38-18-12-10-16-36(38)28-42(39)44)22-26-50(33(5)6,34(7)8)46-20-14-24-48-46/h9-20,23-24,27-34H,1-8H3. The van der Waals surface area contributed by atoms with Crippen molar-refractivity contribution in [3.8, 4) is 22.9 Å². The summed E-state index contributed by atoms with van der Waals surface area (Å²) in [5.41, 5.74) is 12.5. The summed E-state index contributed by atoms with van der Waals surface area (Å²) in [6.07, 6.45) is 0. The van der Waals surface area contributed by atoms with Gasteiger partial charge in [0.2, 0.25) is 0 Å². The van der Waals surface area contributed by atoms with Crippen LogP contribution < -0.4 is 9.00 Å². The normalized spacial score (nSPS) is 12.4. The monoisotopic (exact) mass is 718 g/mol. The van der Waals surface area contributed by atoms with Crippen LogP contribution in [-0.4, -0.2) is 16.1 Å². The molecule has 0 radical (unpaired) electrons. The predicted molar refractivity (Wildman–Crippen MR) is 230 cm³/mol. The molecule has 0 aliphatic carbocycles. The lowest BCUT2D eigenvalue weighted by Crippen LogP contribution is -2.51. The van der Waals surface area contributed by atoms with Crippen LogP contribution in [0.15, 0.2) is 108 Å². The molecule has 0 nitrogen and oxygen atoms in total. The molecule has 0 saturated carbocycles. The topological polar surface area (TPSA) is 0 Å². The van der Waals surface area contributed by atoms with Crippen molar-refractivity contribution >= 4 is 90.9 Å². The van der Waals surface area contributed by atoms with Gasteiger partial charge in [-0.05, 0) is 100 Å². The van der Waals surface area contributed by atoms with Crippen LogP contribution in [0.3, 0.4) is 0 Å². The van der Waals surface area contributed by atoms with Gasteiger partial charge in [-0.3, -0.25) is 0 Å². The van der Waals surface area contributed by atoms with Crippen LogP contribution in [0, 0.1) is 22.9 Å². The number of fused-ring (bicyclic) bond motifs is 4. The average molecular weight is 719 g/mol. The lowest BCUT2D eigenvalue weighted by molar-refractivity contribution is 0.933. The third-order valence-electron chi connectivity index (χ3n) is 11.1. The number of hydrogen-bond donors (Lipinski definition) is 0. The number of thiophene rings is 2. The summed E-state index contributed by atoms with van der Waals surface area (Å²) >= 11 is 3.79. The predicted octanol–water partition coefficient (Wildman–Crippen LogP) is 12.6. The Bertz CT molecular complexity index is 2170. The van der Waals surface area contributed by atoms with Crippen LogP contribution >= 0.6 is 22.7 Å². The fraction of sp³-hybridized carbons (Fsp3) is 0.261. The van der Waals surface area contributed by atoms with E-state index in [0.29, 0.717) is 22.2 Å². The molecule has 0 bridgehead atoms.